The van der Waals surface area contributed by atoms with E-state index in [1.165, 1.54) is 24.3 Å². The van der Waals surface area contributed by atoms with Crippen molar-refractivity contribution in [3.63, 3.8) is 0 Å². The third kappa shape index (κ3) is 19.3. The molecule has 1 rings (SSSR count). The second-order valence-electron chi connectivity index (χ2n) is 3.29. The van der Waals surface area contributed by atoms with Gasteiger partial charge in [0.2, 0.25) is 0 Å². The monoisotopic (exact) mass is 372 g/mol. The Hall–Kier alpha value is -0.710. The van der Waals surface area contributed by atoms with Crippen molar-refractivity contribution in [1.82, 2.24) is 0 Å². The Balaban J connectivity index is -0.000000142. The van der Waals surface area contributed by atoms with E-state index >= 15 is 0 Å². The van der Waals surface area contributed by atoms with Crippen LogP contribution in [0.5, 0.6) is 0 Å². The molecule has 0 aromatic heterocycles. The molecule has 24 heavy (non-hydrogen) atoms. The molecule has 0 spiro atoms. The molecule has 7 nitrogen and oxygen atoms in total. The van der Waals surface area contributed by atoms with Crippen LogP contribution in [0, 0.1) is 0 Å². The van der Waals surface area contributed by atoms with E-state index < -0.39 is 22.1 Å². The molecular weight excluding hydrogens is 358 g/mol. The zero-order valence-electron chi connectivity index (χ0n) is 13.5. The largest absolute Gasteiger partial charge is 1.00 e. The van der Waals surface area contributed by atoms with Crippen LogP contribution in [0.15, 0.2) is 61.0 Å². The summed E-state index contributed by atoms with van der Waals surface area (Å²) in [4.78, 5) is 18.2. The molecular formula is C14H14Na2O7S. The number of carboxylic acid groups (broad SMARTS) is 2. The Morgan fingerprint density at radius 2 is 1.33 bits per heavy atom. The number of carbonyl (C=O) groups is 2. The Bertz CT molecular complexity index is 620. The van der Waals surface area contributed by atoms with Crippen LogP contribution in [0.1, 0.15) is 5.56 Å². The van der Waals surface area contributed by atoms with Gasteiger partial charge in [-0.3, -0.25) is 0 Å². The summed E-state index contributed by atoms with van der Waals surface area (Å²) in [7, 11) is -4.31. The molecule has 0 saturated heterocycles. The van der Waals surface area contributed by atoms with Crippen LogP contribution < -0.4 is 64.2 Å². The second kappa shape index (κ2) is 17.1. The molecule has 0 radical (unpaired) electrons. The van der Waals surface area contributed by atoms with Crippen molar-refractivity contribution in [1.29, 1.82) is 0 Å². The normalized spacial score (nSPS) is 8.21. The molecule has 120 valence electrons. The zero-order valence-corrected chi connectivity index (χ0v) is 18.3. The Morgan fingerprint density at radius 3 is 1.50 bits per heavy atom. The number of carboxylic acids is 2. The number of benzene rings is 1. The van der Waals surface area contributed by atoms with Gasteiger partial charge in [0.1, 0.15) is 10.1 Å². The summed E-state index contributed by atoms with van der Waals surface area (Å²) in [5.41, 5.74) is 0.780. The van der Waals surface area contributed by atoms with Gasteiger partial charge in [-0.05, 0) is 23.8 Å². The topological polar surface area (TPSA) is 135 Å². The van der Waals surface area contributed by atoms with Crippen molar-refractivity contribution in [2.75, 3.05) is 0 Å². The predicted molar refractivity (Wildman–Crippen MR) is 77.5 cm³/mol. The standard InChI is InChI=1S/C8H8O3S.2C3H4O2.2Na/c1-2-7-3-5-8(6-4-7)12(9,10)11;2*1-2-3(4)5;;/h2-6H,1H2,(H,9,10,11);2*2H,1H2,(H,4,5);;/q;;;2*+1/p-2. The molecule has 0 bridgehead atoms. The fourth-order valence-corrected chi connectivity index (χ4v) is 1.24. The first-order valence-electron chi connectivity index (χ1n) is 5.45. The number of hydrogen-bond donors (Lipinski definition) is 1. The van der Waals surface area contributed by atoms with Crippen molar-refractivity contribution < 1.29 is 91.9 Å². The van der Waals surface area contributed by atoms with Crippen LogP contribution in [0.4, 0.5) is 0 Å². The quantitative estimate of drug-likeness (QED) is 0.316. The van der Waals surface area contributed by atoms with Gasteiger partial charge < -0.3 is 19.6 Å². The molecule has 0 amide bonds. The first-order valence-corrected chi connectivity index (χ1v) is 6.86. The third-order valence-electron chi connectivity index (χ3n) is 1.75. The van der Waals surface area contributed by atoms with Gasteiger partial charge in [0.15, 0.2) is 0 Å². The molecule has 1 N–H and O–H groups in total. The van der Waals surface area contributed by atoms with Gasteiger partial charge in [0.25, 0.3) is 0 Å². The van der Waals surface area contributed by atoms with E-state index in [2.05, 4.69) is 19.7 Å². The van der Waals surface area contributed by atoms with E-state index in [4.69, 9.17) is 15.0 Å². The minimum atomic E-state index is -4.31. The van der Waals surface area contributed by atoms with Crippen molar-refractivity contribution in [2.45, 2.75) is 4.90 Å². The van der Waals surface area contributed by atoms with E-state index in [0.29, 0.717) is 0 Å². The first kappa shape index (κ1) is 31.1. The second-order valence-corrected chi connectivity index (χ2v) is 4.67. The fourth-order valence-electron chi connectivity index (χ4n) is 0.771. The molecule has 10 heteroatoms. The third-order valence-corrected chi connectivity index (χ3v) is 2.60. The molecule has 0 aliphatic rings. The maximum absolute atomic E-state index is 10.5. The van der Waals surface area contributed by atoms with Crippen LogP contribution in [0.25, 0.3) is 6.08 Å². The van der Waals surface area contributed by atoms with E-state index in [9.17, 15) is 17.8 Å². The number of rotatable bonds is 4. The summed E-state index contributed by atoms with van der Waals surface area (Å²) in [5.74, 6) is -2.21. The number of carbonyl (C=O) groups excluding carboxylic acids is 1. The maximum Gasteiger partial charge on any atom is 1.00 e. The Kier molecular flexibility index (Phi) is 22.2. The summed E-state index contributed by atoms with van der Waals surface area (Å²) in [5, 5.41) is 16.7. The Labute approximate surface area is 185 Å². The van der Waals surface area contributed by atoms with Crippen LogP contribution in [-0.4, -0.2) is 30.0 Å². The molecule has 1 aromatic carbocycles. The van der Waals surface area contributed by atoms with E-state index in [1.54, 1.807) is 6.08 Å². The van der Waals surface area contributed by atoms with Crippen LogP contribution in [-0.2, 0) is 19.7 Å². The van der Waals surface area contributed by atoms with Gasteiger partial charge in [0.05, 0.1) is 10.9 Å². The molecule has 0 atom stereocenters. The molecule has 0 heterocycles. The van der Waals surface area contributed by atoms with Gasteiger partial charge >= 0.3 is 65.1 Å². The summed E-state index contributed by atoms with van der Waals surface area (Å²) < 4.78 is 31.4. The van der Waals surface area contributed by atoms with Gasteiger partial charge in [-0.15, -0.1) is 0 Å². The minimum absolute atomic E-state index is 0. The molecule has 0 aliphatic heterocycles. The van der Waals surface area contributed by atoms with Crippen LogP contribution in [0.3, 0.4) is 0 Å². The number of aliphatic carboxylic acids is 2. The van der Waals surface area contributed by atoms with Crippen LogP contribution >= 0.6 is 0 Å². The molecule has 0 saturated carbocycles. The smallest absolute Gasteiger partial charge is 0.744 e. The van der Waals surface area contributed by atoms with E-state index in [0.717, 1.165) is 17.7 Å². The van der Waals surface area contributed by atoms with Crippen molar-refractivity contribution >= 4 is 28.1 Å². The summed E-state index contributed by atoms with van der Waals surface area (Å²) >= 11 is 0. The maximum atomic E-state index is 10.5. The van der Waals surface area contributed by atoms with Crippen LogP contribution in [0.2, 0.25) is 0 Å². The van der Waals surface area contributed by atoms with Gasteiger partial charge in [-0.1, -0.05) is 37.9 Å². The SMILES string of the molecule is C=CC(=O)O.C=CC(=O)[O-].C=Cc1ccc(S(=O)(=O)[O-])cc1.[Na+].[Na+]. The minimum Gasteiger partial charge on any atom is -0.744 e. The molecule has 0 unspecified atom stereocenters. The summed E-state index contributed by atoms with van der Waals surface area (Å²) in [6, 6.07) is 5.58. The fraction of sp³-hybridized carbons (Fsp3) is 0. The van der Waals surface area contributed by atoms with Gasteiger partial charge in [0, 0.05) is 6.08 Å². The predicted octanol–water partition coefficient (Wildman–Crippen LogP) is -5.58. The zero-order chi connectivity index (χ0) is 17.8. The van der Waals surface area contributed by atoms with Crippen molar-refractivity contribution in [3.05, 3.63) is 61.7 Å². The van der Waals surface area contributed by atoms with Gasteiger partial charge in [-0.2, -0.15) is 0 Å². The average Bonchev–Trinajstić information content (AvgIpc) is 2.47. The van der Waals surface area contributed by atoms with Crippen molar-refractivity contribution in [3.8, 4) is 0 Å². The molecule has 0 aliphatic carbocycles. The Morgan fingerprint density at radius 1 is 1.00 bits per heavy atom. The van der Waals surface area contributed by atoms with E-state index in [-0.39, 0.29) is 64.0 Å². The van der Waals surface area contributed by atoms with Gasteiger partial charge in [-0.25, -0.2) is 13.2 Å². The first-order chi connectivity index (χ1) is 10.1. The number of hydrogen-bond acceptors (Lipinski definition) is 6. The molecule has 1 aromatic rings. The van der Waals surface area contributed by atoms with Crippen molar-refractivity contribution in [2.24, 2.45) is 0 Å². The van der Waals surface area contributed by atoms with E-state index in [1.807, 2.05) is 0 Å². The summed E-state index contributed by atoms with van der Waals surface area (Å²) in [6.07, 6.45) is 3.13. The molecule has 0 fully saturated rings. The summed E-state index contributed by atoms with van der Waals surface area (Å²) in [6.45, 7) is 9.35. The average molecular weight is 372 g/mol.